The first-order valence-corrected chi connectivity index (χ1v) is 5.55. The number of hydrogen-bond donors (Lipinski definition) is 2. The van der Waals surface area contributed by atoms with Crippen LogP contribution in [-0.2, 0) is 16.1 Å². The molecule has 19 heavy (non-hydrogen) atoms. The Morgan fingerprint density at radius 2 is 2.16 bits per heavy atom. The number of imide groups is 1. The van der Waals surface area contributed by atoms with Gasteiger partial charge >= 0.3 is 12.0 Å². The van der Waals surface area contributed by atoms with E-state index in [1.165, 1.54) is 18.2 Å². The second kappa shape index (κ2) is 5.05. The number of aliphatic carboxylic acids is 1. The molecular formula is C12H11FN2O4. The summed E-state index contributed by atoms with van der Waals surface area (Å²) < 4.78 is 13.0. The van der Waals surface area contributed by atoms with Crippen molar-refractivity contribution >= 4 is 17.9 Å². The van der Waals surface area contributed by atoms with Gasteiger partial charge in [0.1, 0.15) is 11.9 Å². The third kappa shape index (κ3) is 2.87. The smallest absolute Gasteiger partial charge is 0.325 e. The molecule has 7 heteroatoms. The van der Waals surface area contributed by atoms with Gasteiger partial charge in [-0.05, 0) is 17.7 Å². The molecule has 6 nitrogen and oxygen atoms in total. The van der Waals surface area contributed by atoms with Crippen molar-refractivity contribution in [3.05, 3.63) is 35.6 Å². The van der Waals surface area contributed by atoms with Gasteiger partial charge in [0, 0.05) is 0 Å². The zero-order valence-corrected chi connectivity index (χ0v) is 9.80. The van der Waals surface area contributed by atoms with E-state index in [4.69, 9.17) is 5.11 Å². The number of carboxylic acids is 1. The number of carboxylic acid groups (broad SMARTS) is 1. The minimum atomic E-state index is -1.17. The quantitative estimate of drug-likeness (QED) is 0.786. The van der Waals surface area contributed by atoms with Gasteiger partial charge in [-0.2, -0.15) is 0 Å². The molecule has 0 bridgehead atoms. The molecule has 1 fully saturated rings. The largest absolute Gasteiger partial charge is 0.481 e. The van der Waals surface area contributed by atoms with E-state index < -0.39 is 36.2 Å². The maximum absolute atomic E-state index is 13.0. The molecule has 3 amide bonds. The Labute approximate surface area is 107 Å². The molecule has 100 valence electrons. The molecule has 1 heterocycles. The van der Waals surface area contributed by atoms with E-state index in [0.29, 0.717) is 5.56 Å². The number of rotatable bonds is 4. The van der Waals surface area contributed by atoms with Crippen LogP contribution >= 0.6 is 0 Å². The molecule has 0 aromatic heterocycles. The van der Waals surface area contributed by atoms with Gasteiger partial charge in [0.05, 0.1) is 13.0 Å². The van der Waals surface area contributed by atoms with Crippen LogP contribution in [-0.4, -0.2) is 34.0 Å². The van der Waals surface area contributed by atoms with E-state index in [2.05, 4.69) is 5.32 Å². The number of halogens is 1. The lowest BCUT2D eigenvalue weighted by Crippen LogP contribution is -2.32. The molecule has 1 aliphatic heterocycles. The van der Waals surface area contributed by atoms with Crippen molar-refractivity contribution < 1.29 is 23.9 Å². The Hall–Kier alpha value is -2.44. The molecule has 2 N–H and O–H groups in total. The van der Waals surface area contributed by atoms with E-state index in [0.717, 1.165) is 4.90 Å². The molecule has 0 aliphatic carbocycles. The fourth-order valence-corrected chi connectivity index (χ4v) is 1.86. The van der Waals surface area contributed by atoms with E-state index in [1.807, 2.05) is 0 Å². The first kappa shape index (κ1) is 13.0. The number of nitrogens with zero attached hydrogens (tertiary/aromatic N) is 1. The molecule has 2 rings (SSSR count). The van der Waals surface area contributed by atoms with Crippen molar-refractivity contribution in [2.75, 3.05) is 0 Å². The Kier molecular flexibility index (Phi) is 3.46. The van der Waals surface area contributed by atoms with Crippen LogP contribution in [0.2, 0.25) is 0 Å². The first-order valence-electron chi connectivity index (χ1n) is 5.55. The van der Waals surface area contributed by atoms with Gasteiger partial charge in [0.25, 0.3) is 5.91 Å². The lowest BCUT2D eigenvalue weighted by atomic mass is 10.2. The molecule has 1 saturated heterocycles. The molecule has 1 atom stereocenters. The number of nitrogens with one attached hydrogen (secondary N) is 1. The van der Waals surface area contributed by atoms with Crippen LogP contribution in [0.25, 0.3) is 0 Å². The number of carbonyl (C=O) groups is 3. The van der Waals surface area contributed by atoms with Crippen LogP contribution in [0.1, 0.15) is 12.0 Å². The molecule has 0 saturated carbocycles. The SMILES string of the molecule is O=C(O)C[C@H]1NC(=O)N(Cc2cccc(F)c2)C1=O. The van der Waals surface area contributed by atoms with Crippen molar-refractivity contribution in [1.29, 1.82) is 0 Å². The average molecular weight is 266 g/mol. The van der Waals surface area contributed by atoms with Crippen molar-refractivity contribution in [1.82, 2.24) is 10.2 Å². The molecule has 1 aromatic rings. The third-order valence-electron chi connectivity index (χ3n) is 2.72. The van der Waals surface area contributed by atoms with E-state index >= 15 is 0 Å². The minimum Gasteiger partial charge on any atom is -0.481 e. The maximum Gasteiger partial charge on any atom is 0.325 e. The molecule has 0 radical (unpaired) electrons. The highest BCUT2D eigenvalue weighted by Gasteiger charge is 2.38. The summed E-state index contributed by atoms with van der Waals surface area (Å²) in [5, 5.41) is 10.9. The average Bonchev–Trinajstić information content (AvgIpc) is 2.56. The van der Waals surface area contributed by atoms with Crippen molar-refractivity contribution in [3.63, 3.8) is 0 Å². The highest BCUT2D eigenvalue weighted by atomic mass is 19.1. The highest BCUT2D eigenvalue weighted by Crippen LogP contribution is 2.14. The summed E-state index contributed by atoms with van der Waals surface area (Å²) in [7, 11) is 0. The molecular weight excluding hydrogens is 255 g/mol. The van der Waals surface area contributed by atoms with Crippen LogP contribution in [0.3, 0.4) is 0 Å². The van der Waals surface area contributed by atoms with Gasteiger partial charge in [-0.3, -0.25) is 14.5 Å². The van der Waals surface area contributed by atoms with Gasteiger partial charge in [-0.15, -0.1) is 0 Å². The summed E-state index contributed by atoms with van der Waals surface area (Å²) in [5.74, 6) is -2.26. The summed E-state index contributed by atoms with van der Waals surface area (Å²) in [4.78, 5) is 34.8. The lowest BCUT2D eigenvalue weighted by molar-refractivity contribution is -0.140. The van der Waals surface area contributed by atoms with Gasteiger partial charge in [-0.1, -0.05) is 12.1 Å². The fourth-order valence-electron chi connectivity index (χ4n) is 1.86. The second-order valence-corrected chi connectivity index (χ2v) is 4.15. The van der Waals surface area contributed by atoms with Crippen molar-refractivity contribution in [2.45, 2.75) is 19.0 Å². The van der Waals surface area contributed by atoms with Crippen LogP contribution in [0.4, 0.5) is 9.18 Å². The standard InChI is InChI=1S/C12H11FN2O4/c13-8-3-1-2-7(4-8)6-15-11(18)9(5-10(16)17)14-12(15)19/h1-4,9H,5-6H2,(H,14,19)(H,16,17)/t9-/m1/s1. The summed E-state index contributed by atoms with van der Waals surface area (Å²) >= 11 is 0. The minimum absolute atomic E-state index is 0.0848. The van der Waals surface area contributed by atoms with E-state index in [1.54, 1.807) is 6.07 Å². The number of urea groups is 1. The zero-order valence-electron chi connectivity index (χ0n) is 9.80. The van der Waals surface area contributed by atoms with Crippen LogP contribution < -0.4 is 5.32 Å². The second-order valence-electron chi connectivity index (χ2n) is 4.15. The lowest BCUT2D eigenvalue weighted by Gasteiger charge is -2.12. The molecule has 1 aromatic carbocycles. The van der Waals surface area contributed by atoms with Gasteiger partial charge in [0.15, 0.2) is 0 Å². The van der Waals surface area contributed by atoms with Gasteiger partial charge < -0.3 is 10.4 Å². The Morgan fingerprint density at radius 1 is 1.42 bits per heavy atom. The summed E-state index contributed by atoms with van der Waals surface area (Å²) in [6.45, 7) is -0.0848. The van der Waals surface area contributed by atoms with Gasteiger partial charge in [-0.25, -0.2) is 9.18 Å². The zero-order chi connectivity index (χ0) is 14.0. The fraction of sp³-hybridized carbons (Fsp3) is 0.250. The predicted octanol–water partition coefficient (Wildman–Crippen LogP) is 0.721. The molecule has 0 spiro atoms. The summed E-state index contributed by atoms with van der Waals surface area (Å²) in [5.41, 5.74) is 0.458. The normalized spacial score (nSPS) is 18.6. The van der Waals surface area contributed by atoms with E-state index in [9.17, 15) is 18.8 Å². The van der Waals surface area contributed by atoms with E-state index in [-0.39, 0.29) is 6.54 Å². The van der Waals surface area contributed by atoms with Crippen molar-refractivity contribution in [2.24, 2.45) is 0 Å². The number of amides is 3. The number of benzene rings is 1. The predicted molar refractivity (Wildman–Crippen MR) is 61.5 cm³/mol. The Bertz CT molecular complexity index is 546. The van der Waals surface area contributed by atoms with Crippen LogP contribution in [0.5, 0.6) is 0 Å². The van der Waals surface area contributed by atoms with Crippen LogP contribution in [0.15, 0.2) is 24.3 Å². The first-order chi connectivity index (χ1) is 8.97. The summed E-state index contributed by atoms with van der Waals surface area (Å²) in [6, 6.07) is 3.79. The Morgan fingerprint density at radius 3 is 2.79 bits per heavy atom. The summed E-state index contributed by atoms with van der Waals surface area (Å²) in [6.07, 6.45) is -0.468. The monoisotopic (exact) mass is 266 g/mol. The highest BCUT2D eigenvalue weighted by molar-refractivity contribution is 6.05. The maximum atomic E-state index is 13.0. The number of carbonyl (C=O) groups excluding carboxylic acids is 2. The van der Waals surface area contributed by atoms with Crippen molar-refractivity contribution in [3.8, 4) is 0 Å². The number of hydrogen-bond acceptors (Lipinski definition) is 3. The topological polar surface area (TPSA) is 86.7 Å². The third-order valence-corrected chi connectivity index (χ3v) is 2.72. The van der Waals surface area contributed by atoms with Gasteiger partial charge in [0.2, 0.25) is 0 Å². The molecule has 0 unspecified atom stereocenters. The Balaban J connectivity index is 2.10. The van der Waals surface area contributed by atoms with Crippen LogP contribution in [0, 0.1) is 5.82 Å². The molecule has 1 aliphatic rings.